The molecule has 0 radical (unpaired) electrons. The molecule has 0 heterocycles. The van der Waals surface area contributed by atoms with Gasteiger partial charge in [0.15, 0.2) is 0 Å². The highest BCUT2D eigenvalue weighted by Gasteiger charge is 2.08. The van der Waals surface area contributed by atoms with Crippen molar-refractivity contribution in [3.05, 3.63) is 29.8 Å². The molecule has 6 heteroatoms. The van der Waals surface area contributed by atoms with Gasteiger partial charge in [-0.05, 0) is 43.6 Å². The summed E-state index contributed by atoms with van der Waals surface area (Å²) in [6, 6.07) is 6.80. The zero-order valence-electron chi connectivity index (χ0n) is 11.4. The Morgan fingerprint density at radius 2 is 1.89 bits per heavy atom. The van der Waals surface area contributed by atoms with E-state index in [0.29, 0.717) is 12.1 Å². The molecule has 0 amide bonds. The summed E-state index contributed by atoms with van der Waals surface area (Å²) in [5.41, 5.74) is 1.31. The first-order valence-corrected chi connectivity index (χ1v) is 8.28. The molecule has 0 aliphatic carbocycles. The maximum absolute atomic E-state index is 11.1. The van der Waals surface area contributed by atoms with Crippen LogP contribution in [0, 0.1) is 0 Å². The molecule has 0 spiro atoms. The molecular weight excluding hydrogens is 264 g/mol. The number of rotatable bonds is 8. The second-order valence-corrected chi connectivity index (χ2v) is 6.26. The molecule has 1 aromatic carbocycles. The van der Waals surface area contributed by atoms with Crippen LogP contribution in [0.4, 0.5) is 5.69 Å². The maximum atomic E-state index is 11.1. The summed E-state index contributed by atoms with van der Waals surface area (Å²) in [6.07, 6.45) is 2.19. The van der Waals surface area contributed by atoms with Crippen molar-refractivity contribution in [1.82, 2.24) is 5.32 Å². The van der Waals surface area contributed by atoms with Crippen molar-refractivity contribution in [2.45, 2.75) is 25.9 Å². The molecule has 0 aliphatic rings. The van der Waals surface area contributed by atoms with Crippen LogP contribution in [-0.4, -0.2) is 32.9 Å². The summed E-state index contributed by atoms with van der Waals surface area (Å²) in [4.78, 5) is 0. The first-order chi connectivity index (χ1) is 8.92. The van der Waals surface area contributed by atoms with Crippen LogP contribution >= 0.6 is 0 Å². The zero-order chi connectivity index (χ0) is 14.3. The van der Waals surface area contributed by atoms with Crippen LogP contribution in [0.1, 0.15) is 31.4 Å². The van der Waals surface area contributed by atoms with E-state index in [1.165, 1.54) is 0 Å². The van der Waals surface area contributed by atoms with Crippen LogP contribution in [0.3, 0.4) is 0 Å². The highest BCUT2D eigenvalue weighted by Crippen LogP contribution is 2.20. The Labute approximate surface area is 115 Å². The van der Waals surface area contributed by atoms with Crippen molar-refractivity contribution in [3.63, 3.8) is 0 Å². The SMILES string of the molecule is CCNCCC[C@@H](O)c1ccc(NS(C)(=O)=O)cc1. The third kappa shape index (κ3) is 6.56. The molecule has 108 valence electrons. The number of hydrogen-bond donors (Lipinski definition) is 3. The third-order valence-corrected chi connectivity index (χ3v) is 3.29. The largest absolute Gasteiger partial charge is 0.388 e. The fourth-order valence-corrected chi connectivity index (χ4v) is 2.32. The summed E-state index contributed by atoms with van der Waals surface area (Å²) in [5, 5.41) is 13.2. The predicted octanol–water partition coefficient (Wildman–Crippen LogP) is 1.48. The molecule has 1 atom stereocenters. The van der Waals surface area contributed by atoms with Crippen LogP contribution < -0.4 is 10.0 Å². The lowest BCUT2D eigenvalue weighted by molar-refractivity contribution is 0.164. The van der Waals surface area contributed by atoms with Crippen LogP contribution in [0.25, 0.3) is 0 Å². The first-order valence-electron chi connectivity index (χ1n) is 6.39. The topological polar surface area (TPSA) is 78.4 Å². The van der Waals surface area contributed by atoms with E-state index < -0.39 is 16.1 Å². The van der Waals surface area contributed by atoms with Gasteiger partial charge < -0.3 is 10.4 Å². The standard InChI is InChI=1S/C13H22N2O3S/c1-3-14-10-4-5-13(16)11-6-8-12(9-7-11)15-19(2,17)18/h6-9,13-16H,3-5,10H2,1-2H3/t13-/m1/s1. The molecule has 0 unspecified atom stereocenters. The number of sulfonamides is 1. The van der Waals surface area contributed by atoms with Gasteiger partial charge in [0.2, 0.25) is 10.0 Å². The molecule has 19 heavy (non-hydrogen) atoms. The molecule has 3 N–H and O–H groups in total. The van der Waals surface area contributed by atoms with Gasteiger partial charge in [-0.3, -0.25) is 4.72 Å². The second-order valence-electron chi connectivity index (χ2n) is 4.51. The second kappa shape index (κ2) is 7.47. The van der Waals surface area contributed by atoms with E-state index in [4.69, 9.17) is 0 Å². The Bertz CT molecular complexity index is 471. The van der Waals surface area contributed by atoms with Gasteiger partial charge >= 0.3 is 0 Å². The quantitative estimate of drug-likeness (QED) is 0.633. The summed E-state index contributed by atoms with van der Waals surface area (Å²) in [7, 11) is -3.25. The lowest BCUT2D eigenvalue weighted by Gasteiger charge is -2.12. The highest BCUT2D eigenvalue weighted by atomic mass is 32.2. The molecule has 0 saturated carbocycles. The molecule has 0 aliphatic heterocycles. The van der Waals surface area contributed by atoms with Crippen molar-refractivity contribution in [3.8, 4) is 0 Å². The van der Waals surface area contributed by atoms with Crippen molar-refractivity contribution in [2.24, 2.45) is 0 Å². The van der Waals surface area contributed by atoms with Crippen LogP contribution in [0.15, 0.2) is 24.3 Å². The minimum atomic E-state index is -3.25. The van der Waals surface area contributed by atoms with Crippen molar-refractivity contribution in [2.75, 3.05) is 24.1 Å². The molecular formula is C13H22N2O3S. The minimum absolute atomic E-state index is 0.506. The fraction of sp³-hybridized carbons (Fsp3) is 0.538. The van der Waals surface area contributed by atoms with E-state index in [-0.39, 0.29) is 0 Å². The van der Waals surface area contributed by atoms with Crippen molar-refractivity contribution in [1.29, 1.82) is 0 Å². The molecule has 5 nitrogen and oxygen atoms in total. The average Bonchev–Trinajstić information content (AvgIpc) is 2.33. The summed E-state index contributed by atoms with van der Waals surface area (Å²) in [5.74, 6) is 0. The van der Waals surface area contributed by atoms with Gasteiger partial charge in [0.1, 0.15) is 0 Å². The predicted molar refractivity (Wildman–Crippen MR) is 77.6 cm³/mol. The molecule has 0 aromatic heterocycles. The normalized spacial score (nSPS) is 13.2. The number of aliphatic hydroxyl groups excluding tert-OH is 1. The van der Waals surface area contributed by atoms with Crippen LogP contribution in [-0.2, 0) is 10.0 Å². The molecule has 0 bridgehead atoms. The number of anilines is 1. The Morgan fingerprint density at radius 3 is 2.42 bits per heavy atom. The number of aliphatic hydroxyl groups is 1. The molecule has 1 aromatic rings. The van der Waals surface area contributed by atoms with Gasteiger partial charge in [0.05, 0.1) is 12.4 Å². The van der Waals surface area contributed by atoms with E-state index >= 15 is 0 Å². The smallest absolute Gasteiger partial charge is 0.229 e. The van der Waals surface area contributed by atoms with Gasteiger partial charge in [-0.15, -0.1) is 0 Å². The Balaban J connectivity index is 2.51. The van der Waals surface area contributed by atoms with Gasteiger partial charge in [-0.25, -0.2) is 8.42 Å². The van der Waals surface area contributed by atoms with Crippen molar-refractivity contribution < 1.29 is 13.5 Å². The molecule has 0 saturated heterocycles. The van der Waals surface area contributed by atoms with E-state index in [1.807, 2.05) is 6.92 Å². The lowest BCUT2D eigenvalue weighted by Crippen LogP contribution is -2.14. The fourth-order valence-electron chi connectivity index (χ4n) is 1.75. The van der Waals surface area contributed by atoms with Gasteiger partial charge in [-0.2, -0.15) is 0 Å². The minimum Gasteiger partial charge on any atom is -0.388 e. The number of nitrogens with one attached hydrogen (secondary N) is 2. The Kier molecular flexibility index (Phi) is 6.27. The van der Waals surface area contributed by atoms with Crippen molar-refractivity contribution >= 4 is 15.7 Å². The first kappa shape index (κ1) is 15.9. The van der Waals surface area contributed by atoms with E-state index in [2.05, 4.69) is 10.0 Å². The highest BCUT2D eigenvalue weighted by molar-refractivity contribution is 7.92. The monoisotopic (exact) mass is 286 g/mol. The Morgan fingerprint density at radius 1 is 1.26 bits per heavy atom. The molecule has 0 fully saturated rings. The number of benzene rings is 1. The van der Waals surface area contributed by atoms with Crippen LogP contribution in [0.5, 0.6) is 0 Å². The van der Waals surface area contributed by atoms with Gasteiger partial charge in [-0.1, -0.05) is 19.1 Å². The van der Waals surface area contributed by atoms with Crippen LogP contribution in [0.2, 0.25) is 0 Å². The van der Waals surface area contributed by atoms with Gasteiger partial charge in [0.25, 0.3) is 0 Å². The number of hydrogen-bond acceptors (Lipinski definition) is 4. The van der Waals surface area contributed by atoms with Gasteiger partial charge in [0, 0.05) is 5.69 Å². The lowest BCUT2D eigenvalue weighted by atomic mass is 10.0. The molecule has 1 rings (SSSR count). The summed E-state index contributed by atoms with van der Waals surface area (Å²) >= 11 is 0. The summed E-state index contributed by atoms with van der Waals surface area (Å²) < 4.78 is 24.5. The zero-order valence-corrected chi connectivity index (χ0v) is 12.2. The Hall–Kier alpha value is -1.11. The average molecular weight is 286 g/mol. The summed E-state index contributed by atoms with van der Waals surface area (Å²) in [6.45, 7) is 3.87. The maximum Gasteiger partial charge on any atom is 0.229 e. The third-order valence-electron chi connectivity index (χ3n) is 2.68. The van der Waals surface area contributed by atoms with E-state index in [0.717, 1.165) is 31.3 Å². The van der Waals surface area contributed by atoms with E-state index in [9.17, 15) is 13.5 Å². The van der Waals surface area contributed by atoms with E-state index in [1.54, 1.807) is 24.3 Å².